The Morgan fingerprint density at radius 3 is 2.24 bits per heavy atom. The molecule has 110 valence electrons. The predicted molar refractivity (Wildman–Crippen MR) is 80.2 cm³/mol. The van der Waals surface area contributed by atoms with Crippen molar-refractivity contribution in [2.75, 3.05) is 7.05 Å². The van der Waals surface area contributed by atoms with Gasteiger partial charge in [-0.3, -0.25) is 0 Å². The molecule has 0 fully saturated rings. The van der Waals surface area contributed by atoms with Crippen molar-refractivity contribution in [3.05, 3.63) is 70.3 Å². The average Bonchev–Trinajstić information content (AvgIpc) is 2.88. The minimum absolute atomic E-state index is 0.100. The maximum atomic E-state index is 14.2. The van der Waals surface area contributed by atoms with Crippen LogP contribution < -0.4 is 5.32 Å². The Hall–Kier alpha value is -1.74. The van der Waals surface area contributed by atoms with Crippen LogP contribution in [-0.2, 0) is 12.8 Å². The van der Waals surface area contributed by atoms with Gasteiger partial charge in [0.25, 0.3) is 0 Å². The Labute approximate surface area is 124 Å². The summed E-state index contributed by atoms with van der Waals surface area (Å²) < 4.78 is 27.6. The van der Waals surface area contributed by atoms with Gasteiger partial charge in [0.15, 0.2) is 0 Å². The second-order valence-electron chi connectivity index (χ2n) is 5.83. The van der Waals surface area contributed by atoms with E-state index in [1.165, 1.54) is 11.1 Å². The van der Waals surface area contributed by atoms with Crippen LogP contribution in [0.1, 0.15) is 28.3 Å². The number of fused-ring (bicyclic) bond motifs is 1. The Morgan fingerprint density at radius 1 is 1.05 bits per heavy atom. The second kappa shape index (κ2) is 5.57. The summed E-state index contributed by atoms with van der Waals surface area (Å²) in [5, 5.41) is 3.22. The van der Waals surface area contributed by atoms with Crippen molar-refractivity contribution in [2.24, 2.45) is 5.92 Å². The van der Waals surface area contributed by atoms with Crippen LogP contribution in [0.15, 0.2) is 36.4 Å². The van der Waals surface area contributed by atoms with Crippen LogP contribution in [-0.4, -0.2) is 7.05 Å². The molecule has 0 saturated heterocycles. The van der Waals surface area contributed by atoms with Crippen molar-refractivity contribution < 1.29 is 8.78 Å². The summed E-state index contributed by atoms with van der Waals surface area (Å²) in [4.78, 5) is 0. The molecule has 1 atom stereocenters. The van der Waals surface area contributed by atoms with Gasteiger partial charge in [0.1, 0.15) is 11.6 Å². The zero-order valence-corrected chi connectivity index (χ0v) is 12.3. The number of hydrogen-bond donors (Lipinski definition) is 1. The summed E-state index contributed by atoms with van der Waals surface area (Å²) in [6.07, 6.45) is 1.86. The van der Waals surface area contributed by atoms with E-state index in [2.05, 4.69) is 17.4 Å². The van der Waals surface area contributed by atoms with Gasteiger partial charge in [0.2, 0.25) is 0 Å². The fourth-order valence-corrected chi connectivity index (χ4v) is 3.39. The zero-order chi connectivity index (χ0) is 15.0. The smallest absolute Gasteiger partial charge is 0.130 e. The fraction of sp³-hybridized carbons (Fsp3) is 0.333. The molecule has 0 saturated carbocycles. The summed E-state index contributed by atoms with van der Waals surface area (Å²) in [7, 11) is 1.84. The third kappa shape index (κ3) is 2.58. The van der Waals surface area contributed by atoms with Crippen LogP contribution in [0.25, 0.3) is 0 Å². The SMILES string of the molecule is CNC(c1cc(C)c(F)cc1F)C1Cc2ccccc2C1. The first-order valence-corrected chi connectivity index (χ1v) is 7.29. The van der Waals surface area contributed by atoms with Gasteiger partial charge in [-0.2, -0.15) is 0 Å². The van der Waals surface area contributed by atoms with Gasteiger partial charge in [-0.15, -0.1) is 0 Å². The van der Waals surface area contributed by atoms with Crippen molar-refractivity contribution in [2.45, 2.75) is 25.8 Å². The van der Waals surface area contributed by atoms with Gasteiger partial charge in [-0.1, -0.05) is 24.3 Å². The Kier molecular flexibility index (Phi) is 3.77. The third-order valence-electron chi connectivity index (χ3n) is 4.48. The van der Waals surface area contributed by atoms with Crippen LogP contribution in [0.2, 0.25) is 0 Å². The highest BCUT2D eigenvalue weighted by molar-refractivity contribution is 5.35. The Bertz CT molecular complexity index is 641. The first kappa shape index (κ1) is 14.2. The number of benzene rings is 2. The molecule has 0 aliphatic heterocycles. The summed E-state index contributed by atoms with van der Waals surface area (Å²) in [5.74, 6) is -0.652. The lowest BCUT2D eigenvalue weighted by atomic mass is 9.89. The maximum Gasteiger partial charge on any atom is 0.130 e. The topological polar surface area (TPSA) is 12.0 Å². The van der Waals surface area contributed by atoms with E-state index in [4.69, 9.17) is 0 Å². The number of rotatable bonds is 3. The summed E-state index contributed by atoms with van der Waals surface area (Å²) in [6.45, 7) is 1.67. The number of hydrogen-bond acceptors (Lipinski definition) is 1. The molecule has 1 N–H and O–H groups in total. The highest BCUT2D eigenvalue weighted by atomic mass is 19.1. The normalized spacial score (nSPS) is 16.0. The van der Waals surface area contributed by atoms with Gasteiger partial charge < -0.3 is 5.32 Å². The molecule has 3 rings (SSSR count). The van der Waals surface area contributed by atoms with E-state index in [1.54, 1.807) is 13.0 Å². The van der Waals surface area contributed by atoms with E-state index in [0.29, 0.717) is 17.0 Å². The standard InChI is InChI=1S/C18H19F2N/c1-11-7-15(17(20)10-16(11)19)18(21-2)14-8-12-5-3-4-6-13(12)9-14/h3-7,10,14,18,21H,8-9H2,1-2H3. The lowest BCUT2D eigenvalue weighted by Crippen LogP contribution is -2.27. The molecule has 1 unspecified atom stereocenters. The molecule has 3 heteroatoms. The summed E-state index contributed by atoms with van der Waals surface area (Å²) in [6, 6.07) is 10.9. The van der Waals surface area contributed by atoms with Crippen LogP contribution in [0.3, 0.4) is 0 Å². The van der Waals surface area contributed by atoms with Crippen LogP contribution >= 0.6 is 0 Å². The lowest BCUT2D eigenvalue weighted by Gasteiger charge is -2.24. The van der Waals surface area contributed by atoms with E-state index in [0.717, 1.165) is 18.9 Å². The molecule has 2 aromatic rings. The molecule has 0 bridgehead atoms. The van der Waals surface area contributed by atoms with Crippen molar-refractivity contribution in [3.63, 3.8) is 0 Å². The van der Waals surface area contributed by atoms with Crippen molar-refractivity contribution >= 4 is 0 Å². The zero-order valence-electron chi connectivity index (χ0n) is 12.3. The van der Waals surface area contributed by atoms with E-state index in [9.17, 15) is 8.78 Å². The highest BCUT2D eigenvalue weighted by Gasteiger charge is 2.30. The first-order valence-electron chi connectivity index (χ1n) is 7.29. The molecule has 2 aromatic carbocycles. The second-order valence-corrected chi connectivity index (χ2v) is 5.83. The molecule has 1 aliphatic carbocycles. The predicted octanol–water partition coefficient (Wildman–Crippen LogP) is 3.95. The largest absolute Gasteiger partial charge is 0.313 e. The van der Waals surface area contributed by atoms with Gasteiger partial charge in [0.05, 0.1) is 0 Å². The van der Waals surface area contributed by atoms with Gasteiger partial charge in [-0.05, 0) is 55.5 Å². The minimum atomic E-state index is -0.485. The quantitative estimate of drug-likeness (QED) is 0.901. The number of nitrogens with one attached hydrogen (secondary N) is 1. The van der Waals surface area contributed by atoms with Crippen molar-refractivity contribution in [1.29, 1.82) is 0 Å². The fourth-order valence-electron chi connectivity index (χ4n) is 3.39. The first-order chi connectivity index (χ1) is 10.1. The summed E-state index contributed by atoms with van der Waals surface area (Å²) in [5.41, 5.74) is 3.72. The van der Waals surface area contributed by atoms with Crippen molar-refractivity contribution in [3.8, 4) is 0 Å². The molecular weight excluding hydrogens is 268 g/mol. The molecule has 21 heavy (non-hydrogen) atoms. The average molecular weight is 287 g/mol. The highest BCUT2D eigenvalue weighted by Crippen LogP contribution is 2.36. The lowest BCUT2D eigenvalue weighted by molar-refractivity contribution is 0.382. The molecule has 0 spiro atoms. The monoisotopic (exact) mass is 287 g/mol. The van der Waals surface area contributed by atoms with E-state index in [-0.39, 0.29) is 6.04 Å². The van der Waals surface area contributed by atoms with Crippen LogP contribution in [0.5, 0.6) is 0 Å². The van der Waals surface area contributed by atoms with Gasteiger partial charge >= 0.3 is 0 Å². The van der Waals surface area contributed by atoms with Crippen LogP contribution in [0, 0.1) is 24.5 Å². The van der Waals surface area contributed by atoms with E-state index in [1.807, 2.05) is 19.2 Å². The molecule has 0 aromatic heterocycles. The molecule has 0 radical (unpaired) electrons. The van der Waals surface area contributed by atoms with Crippen LogP contribution in [0.4, 0.5) is 8.78 Å². The minimum Gasteiger partial charge on any atom is -0.313 e. The Balaban J connectivity index is 1.92. The number of halogens is 2. The number of aryl methyl sites for hydroxylation is 1. The third-order valence-corrected chi connectivity index (χ3v) is 4.48. The summed E-state index contributed by atoms with van der Waals surface area (Å²) >= 11 is 0. The molecule has 0 amide bonds. The van der Waals surface area contributed by atoms with Gasteiger partial charge in [0, 0.05) is 17.7 Å². The van der Waals surface area contributed by atoms with E-state index >= 15 is 0 Å². The molecular formula is C18H19F2N. The van der Waals surface area contributed by atoms with E-state index < -0.39 is 11.6 Å². The Morgan fingerprint density at radius 2 is 1.67 bits per heavy atom. The van der Waals surface area contributed by atoms with Crippen molar-refractivity contribution in [1.82, 2.24) is 5.32 Å². The maximum absolute atomic E-state index is 14.2. The molecule has 1 nitrogen and oxygen atoms in total. The molecule has 1 aliphatic rings. The van der Waals surface area contributed by atoms with Gasteiger partial charge in [-0.25, -0.2) is 8.78 Å². The molecule has 0 heterocycles.